The number of likely N-dealkylation sites (tertiary alicyclic amines) is 1. The molecule has 0 aliphatic carbocycles. The summed E-state index contributed by atoms with van der Waals surface area (Å²) in [6.07, 6.45) is 8.26. The van der Waals surface area contributed by atoms with Crippen molar-refractivity contribution in [3.8, 4) is 22.4 Å². The molecule has 0 bridgehead atoms. The Balaban J connectivity index is 1.13. The van der Waals surface area contributed by atoms with Crippen molar-refractivity contribution in [2.45, 2.75) is 66.0 Å². The minimum atomic E-state index is -0.993. The summed E-state index contributed by atoms with van der Waals surface area (Å²) in [6.45, 7) is 11.9. The average Bonchev–Trinajstić information content (AvgIpc) is 3.74. The molecule has 2 aromatic carbocycles. The molecule has 0 unspecified atom stereocenters. The van der Waals surface area contributed by atoms with Crippen LogP contribution >= 0.6 is 0 Å². The second-order valence-electron chi connectivity index (χ2n) is 14.3. The van der Waals surface area contributed by atoms with Gasteiger partial charge in [0.05, 0.1) is 30.7 Å². The maximum absolute atomic E-state index is 15.7. The Morgan fingerprint density at radius 1 is 1.02 bits per heavy atom. The van der Waals surface area contributed by atoms with Gasteiger partial charge in [0.1, 0.15) is 5.60 Å². The summed E-state index contributed by atoms with van der Waals surface area (Å²) < 4.78 is 45.2. The number of piperidine rings is 1. The van der Waals surface area contributed by atoms with E-state index in [1.807, 2.05) is 33.8 Å². The van der Waals surface area contributed by atoms with E-state index in [-0.39, 0.29) is 29.0 Å². The summed E-state index contributed by atoms with van der Waals surface area (Å²) in [5.74, 6) is -1.45. The zero-order chi connectivity index (χ0) is 37.9. The van der Waals surface area contributed by atoms with Crippen LogP contribution in [0.15, 0.2) is 55.1 Å². The predicted octanol–water partition coefficient (Wildman–Crippen LogP) is 7.18. The molecule has 3 aromatic heterocycles. The molecule has 14 heteroatoms. The molecule has 2 N–H and O–H groups in total. The van der Waals surface area contributed by atoms with Gasteiger partial charge in [-0.25, -0.2) is 23.5 Å². The van der Waals surface area contributed by atoms with Crippen LogP contribution in [0.5, 0.6) is 0 Å². The van der Waals surface area contributed by atoms with Crippen LogP contribution in [0.2, 0.25) is 0 Å². The fourth-order valence-corrected chi connectivity index (χ4v) is 6.54. The Hall–Kier alpha value is -5.37. The van der Waals surface area contributed by atoms with Gasteiger partial charge in [-0.15, -0.1) is 0 Å². The zero-order valence-corrected chi connectivity index (χ0v) is 31.0. The molecule has 0 spiro atoms. The number of aromatic nitrogens is 5. The lowest BCUT2D eigenvalue weighted by Gasteiger charge is -2.33. The largest absolute Gasteiger partial charge is 0.444 e. The fraction of sp³-hybridized carbons (Fsp3) is 0.410. The Kier molecular flexibility index (Phi) is 11.1. The Morgan fingerprint density at radius 3 is 2.47 bits per heavy atom. The van der Waals surface area contributed by atoms with Crippen molar-refractivity contribution in [1.29, 1.82) is 0 Å². The number of hydrogen-bond acceptors (Lipinski definition) is 8. The number of rotatable bonds is 11. The number of methoxy groups -OCH3 is 1. The molecular formula is C39H46F2N8O4. The third-order valence-electron chi connectivity index (χ3n) is 9.36. The number of halogens is 2. The summed E-state index contributed by atoms with van der Waals surface area (Å²) in [5, 5.41) is 10.8. The minimum Gasteiger partial charge on any atom is -0.444 e. The number of hydrogen-bond donors (Lipinski definition) is 2. The van der Waals surface area contributed by atoms with E-state index in [0.717, 1.165) is 18.4 Å². The van der Waals surface area contributed by atoms with Crippen LogP contribution in [0.4, 0.5) is 25.1 Å². The molecule has 53 heavy (non-hydrogen) atoms. The van der Waals surface area contributed by atoms with Crippen LogP contribution < -0.4 is 10.6 Å². The predicted molar refractivity (Wildman–Crippen MR) is 198 cm³/mol. The summed E-state index contributed by atoms with van der Waals surface area (Å²) in [6, 6.07) is 8.58. The topological polar surface area (TPSA) is 128 Å². The molecule has 1 aliphatic heterocycles. The molecule has 0 radical (unpaired) electrons. The molecular weight excluding hydrogens is 682 g/mol. The van der Waals surface area contributed by atoms with E-state index in [1.54, 1.807) is 70.9 Å². The highest BCUT2D eigenvalue weighted by molar-refractivity contribution is 5.96. The maximum Gasteiger partial charge on any atom is 0.410 e. The molecule has 1 saturated heterocycles. The summed E-state index contributed by atoms with van der Waals surface area (Å²) >= 11 is 0. The number of carbonyl (C=O) groups excluding carboxylic acids is 2. The van der Waals surface area contributed by atoms with Crippen molar-refractivity contribution in [2.75, 3.05) is 38.7 Å². The highest BCUT2D eigenvalue weighted by Crippen LogP contribution is 2.34. The molecule has 1 aliphatic rings. The van der Waals surface area contributed by atoms with E-state index >= 15 is 8.78 Å². The first kappa shape index (κ1) is 37.4. The molecule has 12 nitrogen and oxygen atoms in total. The van der Waals surface area contributed by atoms with Crippen molar-refractivity contribution in [3.05, 3.63) is 83.6 Å². The number of anilines is 2. The number of carbonyl (C=O) groups is 2. The van der Waals surface area contributed by atoms with E-state index in [4.69, 9.17) is 9.47 Å². The molecule has 280 valence electrons. The number of nitrogens with zero attached hydrogens (tertiary/aromatic N) is 6. The van der Waals surface area contributed by atoms with Crippen molar-refractivity contribution in [1.82, 2.24) is 34.4 Å². The SMILES string of the molecule is CCc1cc(Nc2nccn3c(-c4ccc(-c5cn(CCOC)nc5C)c(F)c4F)cnc23)ccc1C(=O)NCC1CCN(C(=O)OC(C)(C)C)CC1. The first-order valence-electron chi connectivity index (χ1n) is 17.9. The lowest BCUT2D eigenvalue weighted by Crippen LogP contribution is -2.43. The number of amides is 2. The summed E-state index contributed by atoms with van der Waals surface area (Å²) in [5.41, 5.74) is 3.62. The number of benzene rings is 2. The highest BCUT2D eigenvalue weighted by atomic mass is 19.2. The van der Waals surface area contributed by atoms with Gasteiger partial charge in [-0.2, -0.15) is 5.10 Å². The van der Waals surface area contributed by atoms with Gasteiger partial charge in [-0.1, -0.05) is 13.0 Å². The standard InChI is InChI=1S/C39H46F2N8O4/c1-7-26-20-27(8-9-28(26)37(50)44-21-25-12-15-47(16-13-25)38(51)53-39(3,4)5)45-35-36-43-22-32(49(36)17-14-42-35)30-11-10-29(33(40)34(30)41)31-23-48(18-19-52-6)46-24(31)2/h8-11,14,17,20,22-23,25H,7,12-13,15-16,18-19,21H2,1-6H3,(H,42,45)(H,44,50). The van der Waals surface area contributed by atoms with Gasteiger partial charge in [0.2, 0.25) is 0 Å². The van der Waals surface area contributed by atoms with Gasteiger partial charge in [-0.3, -0.25) is 13.9 Å². The first-order valence-corrected chi connectivity index (χ1v) is 17.9. The van der Waals surface area contributed by atoms with Crippen LogP contribution in [0.1, 0.15) is 62.2 Å². The maximum atomic E-state index is 15.7. The van der Waals surface area contributed by atoms with Gasteiger partial charge >= 0.3 is 6.09 Å². The first-order chi connectivity index (χ1) is 25.4. The van der Waals surface area contributed by atoms with Crippen LogP contribution in [-0.2, 0) is 22.4 Å². The van der Waals surface area contributed by atoms with Crippen molar-refractivity contribution in [3.63, 3.8) is 0 Å². The second-order valence-corrected chi connectivity index (χ2v) is 14.3. The van der Waals surface area contributed by atoms with Gasteiger partial charge in [0.15, 0.2) is 23.1 Å². The Morgan fingerprint density at radius 2 is 1.75 bits per heavy atom. The van der Waals surface area contributed by atoms with Crippen LogP contribution in [-0.4, -0.2) is 80.0 Å². The number of imidazole rings is 1. The normalized spacial score (nSPS) is 13.8. The lowest BCUT2D eigenvalue weighted by atomic mass is 9.96. The van der Waals surface area contributed by atoms with Crippen LogP contribution in [0.25, 0.3) is 28.0 Å². The van der Waals surface area contributed by atoms with Gasteiger partial charge < -0.3 is 25.0 Å². The second kappa shape index (κ2) is 15.7. The van der Waals surface area contributed by atoms with Crippen molar-refractivity contribution in [2.24, 2.45) is 5.92 Å². The van der Waals surface area contributed by atoms with Crippen molar-refractivity contribution < 1.29 is 27.8 Å². The molecule has 2 amide bonds. The van der Waals surface area contributed by atoms with Crippen LogP contribution in [0, 0.1) is 24.5 Å². The Bertz CT molecular complexity index is 2110. The number of fused-ring (bicyclic) bond motifs is 1. The number of nitrogens with one attached hydrogen (secondary N) is 2. The molecule has 4 heterocycles. The third kappa shape index (κ3) is 8.32. The van der Waals surface area contributed by atoms with Crippen molar-refractivity contribution >= 4 is 29.2 Å². The highest BCUT2D eigenvalue weighted by Gasteiger charge is 2.27. The number of aryl methyl sites for hydroxylation is 2. The summed E-state index contributed by atoms with van der Waals surface area (Å²) in [4.78, 5) is 36.4. The third-order valence-corrected chi connectivity index (χ3v) is 9.36. The number of ether oxygens (including phenoxy) is 2. The van der Waals surface area contributed by atoms with Gasteiger partial charge in [-0.05, 0) is 82.7 Å². The molecule has 6 rings (SSSR count). The van der Waals surface area contributed by atoms with E-state index in [0.29, 0.717) is 78.9 Å². The lowest BCUT2D eigenvalue weighted by molar-refractivity contribution is 0.0183. The van der Waals surface area contributed by atoms with Gasteiger partial charge in [0.25, 0.3) is 5.91 Å². The zero-order valence-electron chi connectivity index (χ0n) is 31.0. The molecule has 5 aromatic rings. The minimum absolute atomic E-state index is 0.0533. The summed E-state index contributed by atoms with van der Waals surface area (Å²) in [7, 11) is 1.59. The van der Waals surface area contributed by atoms with Gasteiger partial charge in [0, 0.05) is 73.3 Å². The van der Waals surface area contributed by atoms with E-state index in [9.17, 15) is 9.59 Å². The van der Waals surface area contributed by atoms with E-state index in [2.05, 4.69) is 25.7 Å². The quantitative estimate of drug-likeness (QED) is 0.147. The molecule has 0 saturated carbocycles. The molecule has 1 fully saturated rings. The van der Waals surface area contributed by atoms with E-state index in [1.165, 1.54) is 6.20 Å². The smallest absolute Gasteiger partial charge is 0.410 e. The fourth-order valence-electron chi connectivity index (χ4n) is 6.54. The molecule has 0 atom stereocenters. The monoisotopic (exact) mass is 728 g/mol. The van der Waals surface area contributed by atoms with E-state index < -0.39 is 17.2 Å². The van der Waals surface area contributed by atoms with Crippen LogP contribution in [0.3, 0.4) is 0 Å². The Labute approximate surface area is 307 Å². The average molecular weight is 729 g/mol.